The molecule has 0 aliphatic rings. The summed E-state index contributed by atoms with van der Waals surface area (Å²) in [5, 5.41) is 2.29. The molecule has 0 fully saturated rings. The fraction of sp³-hybridized carbons (Fsp3) is 0.571. The SMILES string of the molecule is C#CSC(=O)C(C)(C)C. The predicted molar refractivity (Wildman–Crippen MR) is 40.9 cm³/mol. The van der Waals surface area contributed by atoms with E-state index in [0.717, 1.165) is 11.8 Å². The van der Waals surface area contributed by atoms with Gasteiger partial charge >= 0.3 is 0 Å². The van der Waals surface area contributed by atoms with Crippen molar-refractivity contribution < 1.29 is 4.79 Å². The Labute approximate surface area is 60.2 Å². The number of thioether (sulfide) groups is 1. The predicted octanol–water partition coefficient (Wildman–Crippen LogP) is 1.88. The van der Waals surface area contributed by atoms with Gasteiger partial charge in [-0.15, -0.1) is 6.42 Å². The Balaban J connectivity index is 3.93. The van der Waals surface area contributed by atoms with Crippen molar-refractivity contribution in [2.45, 2.75) is 20.8 Å². The average molecular weight is 142 g/mol. The minimum absolute atomic E-state index is 0.0463. The Morgan fingerprint density at radius 1 is 1.56 bits per heavy atom. The molecule has 0 bridgehead atoms. The highest BCUT2D eigenvalue weighted by Gasteiger charge is 2.20. The highest BCUT2D eigenvalue weighted by molar-refractivity contribution is 8.17. The first-order chi connectivity index (χ1) is 3.98. The van der Waals surface area contributed by atoms with Crippen molar-refractivity contribution in [3.05, 3.63) is 0 Å². The smallest absolute Gasteiger partial charge is 0.206 e. The van der Waals surface area contributed by atoms with Crippen LogP contribution in [0.4, 0.5) is 0 Å². The van der Waals surface area contributed by atoms with E-state index in [1.54, 1.807) is 0 Å². The molecule has 0 aliphatic heterocycles. The van der Waals surface area contributed by atoms with Crippen molar-refractivity contribution in [2.75, 3.05) is 0 Å². The molecule has 0 rings (SSSR count). The molecule has 0 saturated heterocycles. The van der Waals surface area contributed by atoms with Crippen LogP contribution in [0.15, 0.2) is 0 Å². The second kappa shape index (κ2) is 2.93. The Kier molecular flexibility index (Phi) is 2.80. The molecule has 9 heavy (non-hydrogen) atoms. The molecule has 0 aromatic rings. The molecule has 1 nitrogen and oxygen atoms in total. The van der Waals surface area contributed by atoms with Crippen molar-refractivity contribution in [1.29, 1.82) is 0 Å². The van der Waals surface area contributed by atoms with Gasteiger partial charge in [0, 0.05) is 17.2 Å². The molecule has 0 radical (unpaired) electrons. The Morgan fingerprint density at radius 2 is 2.00 bits per heavy atom. The second-order valence-corrected chi connectivity index (χ2v) is 3.57. The molecule has 0 unspecified atom stereocenters. The van der Waals surface area contributed by atoms with E-state index < -0.39 is 0 Å². The lowest BCUT2D eigenvalue weighted by Gasteiger charge is -2.12. The van der Waals surface area contributed by atoms with Crippen LogP contribution in [0.25, 0.3) is 0 Å². The van der Waals surface area contributed by atoms with E-state index >= 15 is 0 Å². The topological polar surface area (TPSA) is 17.1 Å². The van der Waals surface area contributed by atoms with E-state index in [1.165, 1.54) is 0 Å². The highest BCUT2D eigenvalue weighted by atomic mass is 32.2. The summed E-state index contributed by atoms with van der Waals surface area (Å²) in [7, 11) is 0. The van der Waals surface area contributed by atoms with E-state index in [-0.39, 0.29) is 10.5 Å². The molecule has 50 valence electrons. The van der Waals surface area contributed by atoms with Gasteiger partial charge in [0.1, 0.15) is 0 Å². The zero-order chi connectivity index (χ0) is 7.49. The van der Waals surface area contributed by atoms with Crippen LogP contribution in [0.5, 0.6) is 0 Å². The zero-order valence-electron chi connectivity index (χ0n) is 5.89. The van der Waals surface area contributed by atoms with E-state index in [4.69, 9.17) is 6.42 Å². The lowest BCUT2D eigenvalue weighted by Crippen LogP contribution is -2.15. The fourth-order valence-electron chi connectivity index (χ4n) is 0.207. The molecule has 0 N–H and O–H groups in total. The molecule has 0 heterocycles. The zero-order valence-corrected chi connectivity index (χ0v) is 6.71. The van der Waals surface area contributed by atoms with Crippen molar-refractivity contribution in [3.8, 4) is 11.7 Å². The molecule has 0 saturated carbocycles. The van der Waals surface area contributed by atoms with E-state index in [9.17, 15) is 4.79 Å². The van der Waals surface area contributed by atoms with Crippen LogP contribution in [-0.2, 0) is 4.79 Å². The van der Waals surface area contributed by atoms with Crippen LogP contribution in [0, 0.1) is 17.1 Å². The van der Waals surface area contributed by atoms with Crippen molar-refractivity contribution in [2.24, 2.45) is 5.41 Å². The van der Waals surface area contributed by atoms with Crippen LogP contribution < -0.4 is 0 Å². The lowest BCUT2D eigenvalue weighted by atomic mass is 10.00. The summed E-state index contributed by atoms with van der Waals surface area (Å²) in [6.45, 7) is 5.54. The lowest BCUT2D eigenvalue weighted by molar-refractivity contribution is -0.117. The van der Waals surface area contributed by atoms with Gasteiger partial charge in [0.25, 0.3) is 0 Å². The maximum absolute atomic E-state index is 10.9. The minimum atomic E-state index is -0.308. The normalized spacial score (nSPS) is 10.4. The monoisotopic (exact) mass is 142 g/mol. The summed E-state index contributed by atoms with van der Waals surface area (Å²) >= 11 is 0.927. The van der Waals surface area contributed by atoms with Crippen molar-refractivity contribution in [3.63, 3.8) is 0 Å². The van der Waals surface area contributed by atoms with E-state index in [0.29, 0.717) is 0 Å². The number of carbonyl (C=O) groups is 1. The summed E-state index contributed by atoms with van der Waals surface area (Å²) in [6, 6.07) is 0. The summed E-state index contributed by atoms with van der Waals surface area (Å²) < 4.78 is 0. The molecule has 0 aromatic carbocycles. The second-order valence-electron chi connectivity index (χ2n) is 2.76. The van der Waals surface area contributed by atoms with Gasteiger partial charge in [-0.05, 0) is 5.25 Å². The van der Waals surface area contributed by atoms with Gasteiger partial charge in [-0.3, -0.25) is 4.79 Å². The highest BCUT2D eigenvalue weighted by Crippen LogP contribution is 2.21. The Morgan fingerprint density at radius 3 is 2.11 bits per heavy atom. The molecular formula is C7H10OS. The van der Waals surface area contributed by atoms with Crippen molar-refractivity contribution in [1.82, 2.24) is 0 Å². The number of hydrogen-bond acceptors (Lipinski definition) is 2. The maximum Gasteiger partial charge on any atom is 0.206 e. The van der Waals surface area contributed by atoms with E-state index in [1.807, 2.05) is 20.8 Å². The summed E-state index contributed by atoms with van der Waals surface area (Å²) in [4.78, 5) is 10.9. The third-order valence-electron chi connectivity index (χ3n) is 0.764. The van der Waals surface area contributed by atoms with Gasteiger partial charge in [-0.2, -0.15) is 0 Å². The van der Waals surface area contributed by atoms with Gasteiger partial charge in [-0.1, -0.05) is 20.8 Å². The number of terminal acetylenes is 1. The first-order valence-electron chi connectivity index (χ1n) is 2.65. The first-order valence-corrected chi connectivity index (χ1v) is 3.47. The third-order valence-corrected chi connectivity index (χ3v) is 1.68. The van der Waals surface area contributed by atoms with Crippen LogP contribution in [0.1, 0.15) is 20.8 Å². The minimum Gasteiger partial charge on any atom is -0.286 e. The summed E-state index contributed by atoms with van der Waals surface area (Å²) in [5.41, 5.74) is -0.308. The molecule has 0 spiro atoms. The Bertz CT molecular complexity index is 147. The molecular weight excluding hydrogens is 132 g/mol. The molecule has 2 heteroatoms. The van der Waals surface area contributed by atoms with E-state index in [2.05, 4.69) is 5.25 Å². The molecule has 0 aromatic heterocycles. The average Bonchev–Trinajstić information content (AvgIpc) is 1.64. The van der Waals surface area contributed by atoms with Gasteiger partial charge in [-0.25, -0.2) is 0 Å². The molecule has 0 aliphatic carbocycles. The molecule has 0 atom stereocenters. The van der Waals surface area contributed by atoms with Crippen LogP contribution in [0.3, 0.4) is 0 Å². The number of rotatable bonds is 0. The maximum atomic E-state index is 10.9. The van der Waals surface area contributed by atoms with Gasteiger partial charge in [0.05, 0.1) is 0 Å². The van der Waals surface area contributed by atoms with Gasteiger partial charge < -0.3 is 0 Å². The standard InChI is InChI=1S/C7H10OS/c1-5-9-6(8)7(2,3)4/h1H,2-4H3. The molecule has 0 amide bonds. The number of carbonyl (C=O) groups excluding carboxylic acids is 1. The van der Waals surface area contributed by atoms with Crippen LogP contribution >= 0.6 is 11.8 Å². The summed E-state index contributed by atoms with van der Waals surface area (Å²) in [6.07, 6.45) is 4.92. The van der Waals surface area contributed by atoms with Gasteiger partial charge in [0.15, 0.2) is 0 Å². The van der Waals surface area contributed by atoms with Crippen LogP contribution in [-0.4, -0.2) is 5.12 Å². The summed E-state index contributed by atoms with van der Waals surface area (Å²) in [5.74, 6) is 0. The third kappa shape index (κ3) is 3.21. The first kappa shape index (κ1) is 8.58. The fourth-order valence-corrected chi connectivity index (χ4v) is 0.620. The van der Waals surface area contributed by atoms with Crippen LogP contribution in [0.2, 0.25) is 0 Å². The van der Waals surface area contributed by atoms with Crippen molar-refractivity contribution >= 4 is 16.9 Å². The number of hydrogen-bond donors (Lipinski definition) is 0. The largest absolute Gasteiger partial charge is 0.286 e. The quantitative estimate of drug-likeness (QED) is 0.480. The van der Waals surface area contributed by atoms with Gasteiger partial charge in [0.2, 0.25) is 5.12 Å². The Hall–Kier alpha value is -0.420.